The fourth-order valence-electron chi connectivity index (χ4n) is 2.05. The summed E-state index contributed by atoms with van der Waals surface area (Å²) in [5, 5.41) is 7.01. The SMILES string of the molecule is Cl.O=C(COc1ccc(Cl)c(Cl)c1)NCCN1CCNCC1. The van der Waals surface area contributed by atoms with Gasteiger partial charge in [-0.1, -0.05) is 23.2 Å². The molecule has 0 aromatic heterocycles. The first-order valence-electron chi connectivity index (χ1n) is 6.93. The highest BCUT2D eigenvalue weighted by Gasteiger charge is 2.09. The number of nitrogens with zero attached hydrogens (tertiary/aromatic N) is 1. The van der Waals surface area contributed by atoms with Crippen molar-refractivity contribution in [3.05, 3.63) is 28.2 Å². The molecule has 0 aliphatic carbocycles. The van der Waals surface area contributed by atoms with Gasteiger partial charge in [-0.2, -0.15) is 0 Å². The van der Waals surface area contributed by atoms with Crippen molar-refractivity contribution in [3.8, 4) is 5.75 Å². The van der Waals surface area contributed by atoms with E-state index in [4.69, 9.17) is 27.9 Å². The number of rotatable bonds is 6. The molecule has 0 unspecified atom stereocenters. The van der Waals surface area contributed by atoms with Crippen LogP contribution in [0.25, 0.3) is 0 Å². The highest BCUT2D eigenvalue weighted by atomic mass is 35.5. The van der Waals surface area contributed by atoms with Crippen LogP contribution in [0.15, 0.2) is 18.2 Å². The molecule has 8 heteroatoms. The van der Waals surface area contributed by atoms with Crippen LogP contribution in [-0.4, -0.2) is 56.7 Å². The molecule has 5 nitrogen and oxygen atoms in total. The van der Waals surface area contributed by atoms with E-state index in [1.165, 1.54) is 0 Å². The Morgan fingerprint density at radius 3 is 2.68 bits per heavy atom. The first kappa shape index (κ1) is 19.3. The number of amides is 1. The van der Waals surface area contributed by atoms with Crippen LogP contribution in [0.1, 0.15) is 0 Å². The molecule has 1 aliphatic rings. The van der Waals surface area contributed by atoms with Crippen LogP contribution in [0.2, 0.25) is 10.0 Å². The minimum atomic E-state index is -0.142. The zero-order valence-corrected chi connectivity index (χ0v) is 14.4. The lowest BCUT2D eigenvalue weighted by Crippen LogP contribution is -2.46. The molecule has 1 saturated heterocycles. The van der Waals surface area contributed by atoms with Gasteiger partial charge in [-0.15, -0.1) is 12.4 Å². The standard InChI is InChI=1S/C14H19Cl2N3O2.ClH/c15-12-2-1-11(9-13(12)16)21-10-14(20)18-5-8-19-6-3-17-4-7-19;/h1-2,9,17H,3-8,10H2,(H,18,20);1H. The predicted molar refractivity (Wildman–Crippen MR) is 91.5 cm³/mol. The maximum Gasteiger partial charge on any atom is 0.257 e. The van der Waals surface area contributed by atoms with Crippen molar-refractivity contribution >= 4 is 41.5 Å². The van der Waals surface area contributed by atoms with E-state index in [1.54, 1.807) is 18.2 Å². The third-order valence-corrected chi connectivity index (χ3v) is 3.96. The summed E-state index contributed by atoms with van der Waals surface area (Å²) in [5.41, 5.74) is 0. The Hall–Kier alpha value is -0.720. The number of piperazine rings is 1. The molecule has 1 amide bonds. The molecule has 2 N–H and O–H groups in total. The monoisotopic (exact) mass is 367 g/mol. The van der Waals surface area contributed by atoms with Crippen molar-refractivity contribution in [2.24, 2.45) is 0 Å². The minimum absolute atomic E-state index is 0. The summed E-state index contributed by atoms with van der Waals surface area (Å²) < 4.78 is 5.37. The molecule has 0 bridgehead atoms. The lowest BCUT2D eigenvalue weighted by molar-refractivity contribution is -0.123. The summed E-state index contributed by atoms with van der Waals surface area (Å²) in [5.74, 6) is 0.387. The molecule has 124 valence electrons. The van der Waals surface area contributed by atoms with E-state index < -0.39 is 0 Å². The Morgan fingerprint density at radius 1 is 1.27 bits per heavy atom. The zero-order chi connectivity index (χ0) is 15.1. The van der Waals surface area contributed by atoms with E-state index in [0.717, 1.165) is 32.7 Å². The van der Waals surface area contributed by atoms with Gasteiger partial charge < -0.3 is 15.4 Å². The van der Waals surface area contributed by atoms with Crippen LogP contribution in [0.4, 0.5) is 0 Å². The normalized spacial score (nSPS) is 15.0. The van der Waals surface area contributed by atoms with Gasteiger partial charge in [0.1, 0.15) is 5.75 Å². The van der Waals surface area contributed by atoms with E-state index in [2.05, 4.69) is 15.5 Å². The Labute approximate surface area is 146 Å². The van der Waals surface area contributed by atoms with Crippen LogP contribution in [0, 0.1) is 0 Å². The molecule has 1 aromatic carbocycles. The predicted octanol–water partition coefficient (Wildman–Crippen LogP) is 1.82. The first-order valence-corrected chi connectivity index (χ1v) is 7.68. The molecule has 1 aliphatic heterocycles. The van der Waals surface area contributed by atoms with Gasteiger partial charge in [0, 0.05) is 45.3 Å². The average molecular weight is 369 g/mol. The number of benzene rings is 1. The number of nitrogens with one attached hydrogen (secondary N) is 2. The number of hydrogen-bond donors (Lipinski definition) is 2. The van der Waals surface area contributed by atoms with Gasteiger partial charge in [0.2, 0.25) is 0 Å². The zero-order valence-electron chi connectivity index (χ0n) is 12.1. The van der Waals surface area contributed by atoms with Gasteiger partial charge in [0.25, 0.3) is 5.91 Å². The van der Waals surface area contributed by atoms with Gasteiger partial charge >= 0.3 is 0 Å². The van der Waals surface area contributed by atoms with E-state index in [-0.39, 0.29) is 24.9 Å². The third kappa shape index (κ3) is 6.58. The summed E-state index contributed by atoms with van der Waals surface area (Å²) in [6.07, 6.45) is 0. The molecule has 1 aromatic rings. The lowest BCUT2D eigenvalue weighted by atomic mass is 10.3. The number of carbonyl (C=O) groups excluding carboxylic acids is 1. The highest BCUT2D eigenvalue weighted by molar-refractivity contribution is 6.42. The molecule has 2 rings (SSSR count). The molecule has 0 saturated carbocycles. The van der Waals surface area contributed by atoms with Crippen molar-refractivity contribution in [1.29, 1.82) is 0 Å². The second kappa shape index (κ2) is 10.1. The topological polar surface area (TPSA) is 53.6 Å². The highest BCUT2D eigenvalue weighted by Crippen LogP contribution is 2.26. The maximum atomic E-state index is 11.7. The Kier molecular flexibility index (Phi) is 8.90. The molecule has 1 heterocycles. The number of ether oxygens (including phenoxy) is 1. The van der Waals surface area contributed by atoms with Crippen molar-refractivity contribution in [1.82, 2.24) is 15.5 Å². The molecule has 0 atom stereocenters. The largest absolute Gasteiger partial charge is 0.484 e. The molecular formula is C14H20Cl3N3O2. The molecular weight excluding hydrogens is 349 g/mol. The van der Waals surface area contributed by atoms with Crippen molar-refractivity contribution in [2.75, 3.05) is 45.9 Å². The van der Waals surface area contributed by atoms with Crippen LogP contribution in [-0.2, 0) is 4.79 Å². The fraction of sp³-hybridized carbons (Fsp3) is 0.500. The van der Waals surface area contributed by atoms with Crippen LogP contribution in [0.5, 0.6) is 5.75 Å². The van der Waals surface area contributed by atoms with Crippen LogP contribution < -0.4 is 15.4 Å². The second-order valence-electron chi connectivity index (χ2n) is 4.81. The summed E-state index contributed by atoms with van der Waals surface area (Å²) >= 11 is 11.7. The van der Waals surface area contributed by atoms with Gasteiger partial charge in [-0.05, 0) is 12.1 Å². The summed E-state index contributed by atoms with van der Waals surface area (Å²) in [6.45, 7) is 5.53. The van der Waals surface area contributed by atoms with E-state index >= 15 is 0 Å². The van der Waals surface area contributed by atoms with E-state index in [9.17, 15) is 4.79 Å². The van der Waals surface area contributed by atoms with E-state index in [0.29, 0.717) is 22.3 Å². The average Bonchev–Trinajstić information content (AvgIpc) is 2.49. The second-order valence-corrected chi connectivity index (χ2v) is 5.62. The Bertz CT molecular complexity index is 482. The quantitative estimate of drug-likeness (QED) is 0.804. The minimum Gasteiger partial charge on any atom is -0.484 e. The number of halogens is 3. The van der Waals surface area contributed by atoms with Crippen molar-refractivity contribution in [2.45, 2.75) is 0 Å². The number of carbonyl (C=O) groups is 1. The molecule has 0 radical (unpaired) electrons. The van der Waals surface area contributed by atoms with Gasteiger partial charge in [-0.3, -0.25) is 9.69 Å². The van der Waals surface area contributed by atoms with Crippen molar-refractivity contribution in [3.63, 3.8) is 0 Å². The van der Waals surface area contributed by atoms with Crippen LogP contribution in [0.3, 0.4) is 0 Å². The number of hydrogen-bond acceptors (Lipinski definition) is 4. The summed E-state index contributed by atoms with van der Waals surface area (Å²) in [6, 6.07) is 4.92. The Balaban J connectivity index is 0.00000242. The van der Waals surface area contributed by atoms with Crippen molar-refractivity contribution < 1.29 is 9.53 Å². The molecule has 22 heavy (non-hydrogen) atoms. The molecule has 1 fully saturated rings. The molecule has 0 spiro atoms. The fourth-order valence-corrected chi connectivity index (χ4v) is 2.34. The van der Waals surface area contributed by atoms with Gasteiger partial charge in [0.05, 0.1) is 10.0 Å². The lowest BCUT2D eigenvalue weighted by Gasteiger charge is -2.27. The van der Waals surface area contributed by atoms with Gasteiger partial charge in [-0.25, -0.2) is 0 Å². The first-order chi connectivity index (χ1) is 10.1. The maximum absolute atomic E-state index is 11.7. The van der Waals surface area contributed by atoms with Crippen LogP contribution >= 0.6 is 35.6 Å². The Morgan fingerprint density at radius 2 is 2.00 bits per heavy atom. The van der Waals surface area contributed by atoms with Gasteiger partial charge in [0.15, 0.2) is 6.61 Å². The smallest absolute Gasteiger partial charge is 0.257 e. The summed E-state index contributed by atoms with van der Waals surface area (Å²) in [4.78, 5) is 14.0. The summed E-state index contributed by atoms with van der Waals surface area (Å²) in [7, 11) is 0. The third-order valence-electron chi connectivity index (χ3n) is 3.22. The van der Waals surface area contributed by atoms with E-state index in [1.807, 2.05) is 0 Å².